The summed E-state index contributed by atoms with van der Waals surface area (Å²) in [7, 11) is 0. The topological polar surface area (TPSA) is 76.1 Å². The van der Waals surface area contributed by atoms with E-state index in [9.17, 15) is 4.79 Å². The molecule has 2 rings (SSSR count). The van der Waals surface area contributed by atoms with Gasteiger partial charge in [-0.25, -0.2) is 9.97 Å². The molecule has 0 bridgehead atoms. The summed E-state index contributed by atoms with van der Waals surface area (Å²) < 4.78 is 5.72. The van der Waals surface area contributed by atoms with E-state index in [-0.39, 0.29) is 12.0 Å². The first-order valence-corrected chi connectivity index (χ1v) is 8.58. The molecule has 0 saturated carbocycles. The van der Waals surface area contributed by atoms with E-state index in [1.807, 2.05) is 32.0 Å². The minimum atomic E-state index is -0.297. The summed E-state index contributed by atoms with van der Waals surface area (Å²) in [6.45, 7) is 9.02. The molecule has 0 aliphatic rings. The maximum absolute atomic E-state index is 12.5. The minimum Gasteiger partial charge on any atom is -0.489 e. The second kappa shape index (κ2) is 9.01. The fourth-order valence-electron chi connectivity index (χ4n) is 2.18. The highest BCUT2D eigenvalue weighted by atomic mass is 16.5. The van der Waals surface area contributed by atoms with E-state index >= 15 is 0 Å². The molecule has 0 unspecified atom stereocenters. The molecule has 134 valence electrons. The number of para-hydroxylation sites is 2. The molecule has 2 aromatic rings. The van der Waals surface area contributed by atoms with Crippen molar-refractivity contribution in [3.05, 3.63) is 42.4 Å². The highest BCUT2D eigenvalue weighted by Gasteiger charge is 2.12. The first kappa shape index (κ1) is 18.7. The van der Waals surface area contributed by atoms with Gasteiger partial charge < -0.3 is 15.4 Å². The fourth-order valence-corrected chi connectivity index (χ4v) is 2.18. The van der Waals surface area contributed by atoms with Crippen LogP contribution in [0.15, 0.2) is 36.7 Å². The predicted molar refractivity (Wildman–Crippen MR) is 100 cm³/mol. The van der Waals surface area contributed by atoms with E-state index in [1.54, 1.807) is 12.1 Å². The van der Waals surface area contributed by atoms with Crippen LogP contribution in [0, 0.1) is 5.92 Å². The fraction of sp³-hybridized carbons (Fsp3) is 0.421. The Kier molecular flexibility index (Phi) is 6.74. The Hall–Kier alpha value is -2.63. The molecule has 0 fully saturated rings. The van der Waals surface area contributed by atoms with Gasteiger partial charge in [-0.3, -0.25) is 4.79 Å². The third-order valence-corrected chi connectivity index (χ3v) is 3.43. The largest absolute Gasteiger partial charge is 0.489 e. The number of benzene rings is 1. The Morgan fingerprint density at radius 3 is 2.64 bits per heavy atom. The van der Waals surface area contributed by atoms with E-state index in [0.29, 0.717) is 28.9 Å². The van der Waals surface area contributed by atoms with Crippen molar-refractivity contribution >= 4 is 17.4 Å². The average molecular weight is 342 g/mol. The number of hydrogen-bond donors (Lipinski definition) is 2. The molecule has 2 N–H and O–H groups in total. The first-order valence-electron chi connectivity index (χ1n) is 8.58. The zero-order valence-electron chi connectivity index (χ0n) is 15.2. The Balaban J connectivity index is 2.06. The number of carbonyl (C=O) groups is 1. The lowest BCUT2D eigenvalue weighted by Gasteiger charge is -2.14. The van der Waals surface area contributed by atoms with Gasteiger partial charge in [0.05, 0.1) is 11.8 Å². The number of amides is 1. The summed E-state index contributed by atoms with van der Waals surface area (Å²) in [6.07, 6.45) is 2.45. The predicted octanol–water partition coefficient (Wildman–Crippen LogP) is 3.97. The maximum atomic E-state index is 12.5. The van der Waals surface area contributed by atoms with Gasteiger partial charge in [-0.2, -0.15) is 0 Å². The van der Waals surface area contributed by atoms with E-state index in [2.05, 4.69) is 34.4 Å². The second-order valence-electron chi connectivity index (χ2n) is 6.51. The van der Waals surface area contributed by atoms with Gasteiger partial charge in [0.15, 0.2) is 0 Å². The van der Waals surface area contributed by atoms with Gasteiger partial charge in [-0.1, -0.05) is 26.0 Å². The van der Waals surface area contributed by atoms with Gasteiger partial charge in [0.2, 0.25) is 0 Å². The quantitative estimate of drug-likeness (QED) is 0.759. The summed E-state index contributed by atoms with van der Waals surface area (Å²) in [5.74, 6) is 1.59. The van der Waals surface area contributed by atoms with E-state index < -0.39 is 0 Å². The van der Waals surface area contributed by atoms with Crippen LogP contribution in [0.2, 0.25) is 0 Å². The van der Waals surface area contributed by atoms with Crippen LogP contribution in [0.25, 0.3) is 0 Å². The summed E-state index contributed by atoms with van der Waals surface area (Å²) >= 11 is 0. The Morgan fingerprint density at radius 2 is 1.92 bits per heavy atom. The highest BCUT2D eigenvalue weighted by Crippen LogP contribution is 2.25. The van der Waals surface area contributed by atoms with Crippen LogP contribution in [0.5, 0.6) is 5.75 Å². The molecular weight excluding hydrogens is 316 g/mol. The van der Waals surface area contributed by atoms with Crippen molar-refractivity contribution in [1.29, 1.82) is 0 Å². The van der Waals surface area contributed by atoms with Crippen molar-refractivity contribution in [3.63, 3.8) is 0 Å². The zero-order chi connectivity index (χ0) is 18.2. The third-order valence-electron chi connectivity index (χ3n) is 3.43. The first-order chi connectivity index (χ1) is 12.0. The standard InChI is InChI=1S/C19H26N4O2/c1-13(2)9-10-20-18-11-16(21-12-22-18)19(24)23-15-7-5-6-8-17(15)25-14(3)4/h5-8,11-14H,9-10H2,1-4H3,(H,23,24)(H,20,21,22). The zero-order valence-corrected chi connectivity index (χ0v) is 15.2. The highest BCUT2D eigenvalue weighted by molar-refractivity contribution is 6.04. The van der Waals surface area contributed by atoms with Crippen molar-refractivity contribution in [2.24, 2.45) is 5.92 Å². The Morgan fingerprint density at radius 1 is 1.16 bits per heavy atom. The molecule has 1 heterocycles. The molecule has 0 aliphatic carbocycles. The number of anilines is 2. The van der Waals surface area contributed by atoms with Gasteiger partial charge in [0.25, 0.3) is 5.91 Å². The van der Waals surface area contributed by atoms with Crippen molar-refractivity contribution < 1.29 is 9.53 Å². The summed E-state index contributed by atoms with van der Waals surface area (Å²) in [6, 6.07) is 9.01. The monoisotopic (exact) mass is 342 g/mol. The third kappa shape index (κ3) is 6.06. The molecule has 1 amide bonds. The summed E-state index contributed by atoms with van der Waals surface area (Å²) in [4.78, 5) is 20.7. The smallest absolute Gasteiger partial charge is 0.274 e. The van der Waals surface area contributed by atoms with Crippen LogP contribution < -0.4 is 15.4 Å². The van der Waals surface area contributed by atoms with Gasteiger partial charge in [-0.05, 0) is 38.3 Å². The van der Waals surface area contributed by atoms with E-state index in [0.717, 1.165) is 13.0 Å². The molecule has 1 aromatic heterocycles. The number of nitrogens with zero attached hydrogens (tertiary/aromatic N) is 2. The minimum absolute atomic E-state index is 0.0221. The van der Waals surface area contributed by atoms with Crippen molar-refractivity contribution in [1.82, 2.24) is 9.97 Å². The lowest BCUT2D eigenvalue weighted by Crippen LogP contribution is -2.16. The molecule has 1 aromatic carbocycles. The van der Waals surface area contributed by atoms with Gasteiger partial charge in [0, 0.05) is 12.6 Å². The van der Waals surface area contributed by atoms with Crippen LogP contribution in [0.4, 0.5) is 11.5 Å². The van der Waals surface area contributed by atoms with Crippen LogP contribution >= 0.6 is 0 Å². The molecule has 25 heavy (non-hydrogen) atoms. The van der Waals surface area contributed by atoms with E-state index in [4.69, 9.17) is 4.74 Å². The van der Waals surface area contributed by atoms with Crippen LogP contribution in [-0.2, 0) is 0 Å². The Bertz CT molecular complexity index is 701. The average Bonchev–Trinajstić information content (AvgIpc) is 2.56. The number of rotatable bonds is 8. The molecule has 0 spiro atoms. The van der Waals surface area contributed by atoms with Gasteiger partial charge >= 0.3 is 0 Å². The summed E-state index contributed by atoms with van der Waals surface area (Å²) in [5.41, 5.74) is 0.926. The van der Waals surface area contributed by atoms with E-state index in [1.165, 1.54) is 6.33 Å². The molecule has 0 radical (unpaired) electrons. The Labute approximate surface area is 149 Å². The van der Waals surface area contributed by atoms with Crippen LogP contribution in [-0.4, -0.2) is 28.5 Å². The van der Waals surface area contributed by atoms with Crippen LogP contribution in [0.1, 0.15) is 44.6 Å². The number of ether oxygens (including phenoxy) is 1. The SMILES string of the molecule is CC(C)CCNc1cc(C(=O)Nc2ccccc2OC(C)C)ncn1. The molecule has 6 nitrogen and oxygen atoms in total. The molecule has 0 atom stereocenters. The lowest BCUT2D eigenvalue weighted by molar-refractivity contribution is 0.102. The van der Waals surface area contributed by atoms with Gasteiger partial charge in [-0.15, -0.1) is 0 Å². The molecule has 0 saturated heterocycles. The molecular formula is C19H26N4O2. The number of hydrogen-bond acceptors (Lipinski definition) is 5. The number of carbonyl (C=O) groups excluding carboxylic acids is 1. The number of aromatic nitrogens is 2. The maximum Gasteiger partial charge on any atom is 0.274 e. The number of nitrogens with one attached hydrogen (secondary N) is 2. The van der Waals surface area contributed by atoms with Crippen molar-refractivity contribution in [3.8, 4) is 5.75 Å². The van der Waals surface area contributed by atoms with Crippen molar-refractivity contribution in [2.75, 3.05) is 17.2 Å². The summed E-state index contributed by atoms with van der Waals surface area (Å²) in [5, 5.41) is 6.07. The molecule has 0 aliphatic heterocycles. The normalized spacial score (nSPS) is 10.8. The van der Waals surface area contributed by atoms with Gasteiger partial charge in [0.1, 0.15) is 23.6 Å². The van der Waals surface area contributed by atoms with Crippen LogP contribution in [0.3, 0.4) is 0 Å². The van der Waals surface area contributed by atoms with Crippen molar-refractivity contribution in [2.45, 2.75) is 40.2 Å². The second-order valence-corrected chi connectivity index (χ2v) is 6.51. The molecule has 6 heteroatoms. The lowest BCUT2D eigenvalue weighted by atomic mass is 10.1.